The van der Waals surface area contributed by atoms with E-state index in [4.69, 9.17) is 24.0 Å². The summed E-state index contributed by atoms with van der Waals surface area (Å²) >= 11 is 0. The maximum atomic E-state index is 12.9. The van der Waals surface area contributed by atoms with Gasteiger partial charge in [0.2, 0.25) is 0 Å². The Bertz CT molecular complexity index is 2210. The third-order valence-electron chi connectivity index (χ3n) is 10.2. The molecule has 0 atom stereocenters. The minimum absolute atomic E-state index is 0.301. The van der Waals surface area contributed by atoms with E-state index in [2.05, 4.69) is 59.2 Å². The molecular weight excluding hydrogens is 638 g/mol. The highest BCUT2D eigenvalue weighted by molar-refractivity contribution is 6.02. The average Bonchev–Trinajstić information content (AvgIpc) is 3.65. The summed E-state index contributed by atoms with van der Waals surface area (Å²) in [6.45, 7) is 4.09. The first-order chi connectivity index (χ1) is 25.2. The van der Waals surface area contributed by atoms with Gasteiger partial charge in [0.05, 0.1) is 43.3 Å². The molecule has 8 rings (SSSR count). The number of aldehydes is 1. The smallest absolute Gasteiger partial charge is 0.166 e. The van der Waals surface area contributed by atoms with Crippen molar-refractivity contribution >= 4 is 33.5 Å². The second kappa shape index (κ2) is 15.0. The molecule has 4 aromatic carbocycles. The highest BCUT2D eigenvalue weighted by Gasteiger charge is 2.26. The molecule has 0 saturated heterocycles. The SMILES string of the molecule is Cn1nc(COc2ccc(C3=CCOCC3)cc2)c2c1COCCCCn1c(C=O)c(CCCOc3cccc4ccccc34)c3cccc-2c31. The van der Waals surface area contributed by atoms with E-state index in [9.17, 15) is 4.79 Å². The Balaban J connectivity index is 1.11. The van der Waals surface area contributed by atoms with Gasteiger partial charge >= 0.3 is 0 Å². The molecule has 6 aromatic rings. The fourth-order valence-electron chi connectivity index (χ4n) is 7.63. The summed E-state index contributed by atoms with van der Waals surface area (Å²) in [6.07, 6.45) is 7.42. The van der Waals surface area contributed by atoms with Crippen molar-refractivity contribution < 1.29 is 23.7 Å². The molecule has 8 nitrogen and oxygen atoms in total. The van der Waals surface area contributed by atoms with Crippen LogP contribution in [-0.4, -0.2) is 47.1 Å². The van der Waals surface area contributed by atoms with Gasteiger partial charge < -0.3 is 23.5 Å². The van der Waals surface area contributed by atoms with Crippen LogP contribution in [0.3, 0.4) is 0 Å². The van der Waals surface area contributed by atoms with Crippen LogP contribution in [0, 0.1) is 0 Å². The van der Waals surface area contributed by atoms with Crippen LogP contribution in [-0.2, 0) is 42.7 Å². The van der Waals surface area contributed by atoms with Crippen LogP contribution in [0.5, 0.6) is 11.5 Å². The van der Waals surface area contributed by atoms with Crippen molar-refractivity contribution in [1.29, 1.82) is 0 Å². The van der Waals surface area contributed by atoms with Gasteiger partial charge in [-0.3, -0.25) is 9.48 Å². The quantitative estimate of drug-likeness (QED) is 0.106. The van der Waals surface area contributed by atoms with Gasteiger partial charge in [0.1, 0.15) is 23.8 Å². The van der Waals surface area contributed by atoms with Gasteiger partial charge in [-0.25, -0.2) is 0 Å². The zero-order chi connectivity index (χ0) is 34.6. The predicted molar refractivity (Wildman–Crippen MR) is 200 cm³/mol. The summed E-state index contributed by atoms with van der Waals surface area (Å²) < 4.78 is 28.5. The fourth-order valence-corrected chi connectivity index (χ4v) is 7.63. The van der Waals surface area contributed by atoms with E-state index in [0.717, 1.165) is 118 Å². The Labute approximate surface area is 298 Å². The summed E-state index contributed by atoms with van der Waals surface area (Å²) in [5, 5.41) is 8.35. The van der Waals surface area contributed by atoms with Gasteiger partial charge in [-0.05, 0) is 72.4 Å². The van der Waals surface area contributed by atoms with Crippen molar-refractivity contribution in [3.63, 3.8) is 0 Å². The molecule has 0 fully saturated rings. The van der Waals surface area contributed by atoms with Crippen LogP contribution >= 0.6 is 0 Å². The first-order valence-electron chi connectivity index (χ1n) is 18.0. The molecular formula is C43H43N3O5. The minimum atomic E-state index is 0.301. The predicted octanol–water partition coefficient (Wildman–Crippen LogP) is 8.71. The molecule has 8 heteroatoms. The third kappa shape index (κ3) is 6.69. The maximum Gasteiger partial charge on any atom is 0.166 e. The second-order valence-electron chi connectivity index (χ2n) is 13.3. The monoisotopic (exact) mass is 681 g/mol. The molecule has 0 bridgehead atoms. The van der Waals surface area contributed by atoms with E-state index in [1.165, 1.54) is 11.1 Å². The van der Waals surface area contributed by atoms with Crippen molar-refractivity contribution in [1.82, 2.24) is 14.3 Å². The molecule has 0 N–H and O–H groups in total. The lowest BCUT2D eigenvalue weighted by Crippen LogP contribution is -2.06. The molecule has 4 heterocycles. The number of para-hydroxylation sites is 1. The van der Waals surface area contributed by atoms with Crippen LogP contribution in [0.15, 0.2) is 91.0 Å². The normalized spacial score (nSPS) is 14.9. The maximum absolute atomic E-state index is 12.9. The van der Waals surface area contributed by atoms with Gasteiger partial charge in [-0.1, -0.05) is 72.8 Å². The molecule has 2 aliphatic heterocycles. The van der Waals surface area contributed by atoms with Crippen molar-refractivity contribution in [2.75, 3.05) is 26.4 Å². The van der Waals surface area contributed by atoms with E-state index >= 15 is 0 Å². The number of ether oxygens (including phenoxy) is 4. The summed E-state index contributed by atoms with van der Waals surface area (Å²) in [6, 6.07) is 29.1. The molecule has 0 spiro atoms. The lowest BCUT2D eigenvalue weighted by molar-refractivity contribution is 0.110. The summed E-state index contributed by atoms with van der Waals surface area (Å²) in [4.78, 5) is 12.9. The Hall–Kier alpha value is -5.18. The largest absolute Gasteiger partial charge is 0.493 e. The van der Waals surface area contributed by atoms with E-state index in [0.29, 0.717) is 33.0 Å². The summed E-state index contributed by atoms with van der Waals surface area (Å²) in [5.74, 6) is 1.67. The molecule has 0 unspecified atom stereocenters. The number of carbonyl (C=O) groups excluding carboxylic acids is 1. The number of rotatable bonds is 10. The Kier molecular flexibility index (Phi) is 9.68. The highest BCUT2D eigenvalue weighted by atomic mass is 16.5. The lowest BCUT2D eigenvalue weighted by atomic mass is 9.98. The van der Waals surface area contributed by atoms with Gasteiger partial charge in [0.15, 0.2) is 6.29 Å². The number of fused-ring (bicyclic) bond motifs is 3. The van der Waals surface area contributed by atoms with Crippen LogP contribution in [0.2, 0.25) is 0 Å². The van der Waals surface area contributed by atoms with Crippen LogP contribution in [0.1, 0.15) is 58.7 Å². The van der Waals surface area contributed by atoms with Gasteiger partial charge in [-0.2, -0.15) is 5.10 Å². The second-order valence-corrected chi connectivity index (χ2v) is 13.3. The number of carbonyl (C=O) groups is 1. The number of nitrogens with zero attached hydrogens (tertiary/aromatic N) is 3. The van der Waals surface area contributed by atoms with Gasteiger partial charge in [0.25, 0.3) is 0 Å². The molecule has 0 saturated carbocycles. The number of aryl methyl sites for hydroxylation is 3. The zero-order valence-electron chi connectivity index (χ0n) is 29.1. The van der Waals surface area contributed by atoms with Crippen molar-refractivity contribution in [2.24, 2.45) is 7.05 Å². The summed E-state index contributed by atoms with van der Waals surface area (Å²) in [7, 11) is 1.97. The molecule has 260 valence electrons. The topological polar surface area (TPSA) is 76.7 Å². The lowest BCUT2D eigenvalue weighted by Gasteiger charge is -2.14. The van der Waals surface area contributed by atoms with Crippen LogP contribution in [0.4, 0.5) is 0 Å². The minimum Gasteiger partial charge on any atom is -0.493 e. The molecule has 0 amide bonds. The fraction of sp³-hybridized carbons (Fsp3) is 0.302. The molecule has 51 heavy (non-hydrogen) atoms. The molecule has 2 aliphatic rings. The number of hydrogen-bond acceptors (Lipinski definition) is 6. The first-order valence-corrected chi connectivity index (χ1v) is 18.0. The standard InChI is InChI=1S/C43H43N3O5/c1-45-40-29-49-23-5-4-22-46-39(27-47)35(14-8-24-50-41-15-6-10-32-9-2-3-11-34(32)41)36-12-7-13-37(43(36)46)42(40)38(44-45)28-51-33-18-16-30(17-19-33)31-20-25-48-26-21-31/h2-3,6-7,9-13,15-20,27H,4-5,8,14,21-26,28-29H2,1H3. The van der Waals surface area contributed by atoms with E-state index in [1.807, 2.05) is 48.1 Å². The Morgan fingerprint density at radius 3 is 2.59 bits per heavy atom. The Morgan fingerprint density at radius 2 is 1.73 bits per heavy atom. The van der Waals surface area contributed by atoms with Crippen molar-refractivity contribution in [2.45, 2.75) is 51.9 Å². The van der Waals surface area contributed by atoms with Gasteiger partial charge in [0, 0.05) is 42.1 Å². The summed E-state index contributed by atoms with van der Waals surface area (Å²) in [5.41, 5.74) is 9.27. The van der Waals surface area contributed by atoms with Gasteiger partial charge in [-0.15, -0.1) is 0 Å². The average molecular weight is 682 g/mol. The van der Waals surface area contributed by atoms with E-state index in [1.54, 1.807) is 0 Å². The van der Waals surface area contributed by atoms with E-state index in [-0.39, 0.29) is 0 Å². The highest BCUT2D eigenvalue weighted by Crippen LogP contribution is 2.39. The first kappa shape index (κ1) is 33.0. The number of benzene rings is 4. The molecule has 0 aliphatic carbocycles. The van der Waals surface area contributed by atoms with Crippen molar-refractivity contribution in [3.05, 3.63) is 119 Å². The van der Waals surface area contributed by atoms with Crippen LogP contribution < -0.4 is 9.47 Å². The molecule has 2 aromatic heterocycles. The third-order valence-corrected chi connectivity index (χ3v) is 10.2. The van der Waals surface area contributed by atoms with E-state index < -0.39 is 0 Å². The molecule has 0 radical (unpaired) electrons. The number of hydrogen-bond donors (Lipinski definition) is 0. The van der Waals surface area contributed by atoms with Crippen LogP contribution in [0.25, 0.3) is 38.4 Å². The Morgan fingerprint density at radius 1 is 0.882 bits per heavy atom. The zero-order valence-corrected chi connectivity index (χ0v) is 29.1. The number of aromatic nitrogens is 3. The van der Waals surface area contributed by atoms with Crippen molar-refractivity contribution in [3.8, 4) is 22.6 Å².